The zero-order valence-electron chi connectivity index (χ0n) is 8.36. The van der Waals surface area contributed by atoms with Gasteiger partial charge in [-0.1, -0.05) is 31.5 Å². The van der Waals surface area contributed by atoms with Gasteiger partial charge in [0.25, 0.3) is 0 Å². The van der Waals surface area contributed by atoms with Gasteiger partial charge in [-0.05, 0) is 6.42 Å². The summed E-state index contributed by atoms with van der Waals surface area (Å²) in [5.41, 5.74) is 11.1. The van der Waals surface area contributed by atoms with E-state index in [9.17, 15) is 0 Å². The van der Waals surface area contributed by atoms with Gasteiger partial charge in [-0.25, -0.2) is 9.97 Å². The minimum absolute atomic E-state index is 0.440. The van der Waals surface area contributed by atoms with Crippen LogP contribution >= 0.6 is 11.8 Å². The van der Waals surface area contributed by atoms with Crippen LogP contribution in [0.1, 0.15) is 26.2 Å². The number of nitrogens with zero attached hydrogens (tertiary/aromatic N) is 2. The normalized spacial score (nSPS) is 10.4. The number of nitrogens with two attached hydrogens (primary N) is 2. The molecule has 0 aliphatic heterocycles. The number of anilines is 2. The van der Waals surface area contributed by atoms with Gasteiger partial charge < -0.3 is 11.5 Å². The number of unbranched alkanes of at least 4 members (excludes halogenated alkanes) is 2. The zero-order valence-corrected chi connectivity index (χ0v) is 9.18. The maximum atomic E-state index is 5.55. The third-order valence-corrected chi connectivity index (χ3v) is 2.66. The quantitative estimate of drug-likeness (QED) is 0.443. The highest BCUT2D eigenvalue weighted by atomic mass is 32.2. The Labute approximate surface area is 88.5 Å². The van der Waals surface area contributed by atoms with E-state index in [2.05, 4.69) is 16.9 Å². The van der Waals surface area contributed by atoms with Crippen molar-refractivity contribution >= 4 is 23.4 Å². The van der Waals surface area contributed by atoms with Gasteiger partial charge in [0, 0.05) is 11.8 Å². The van der Waals surface area contributed by atoms with Crippen LogP contribution in [0.2, 0.25) is 0 Å². The summed E-state index contributed by atoms with van der Waals surface area (Å²) in [7, 11) is 0. The molecule has 4 N–H and O–H groups in total. The van der Waals surface area contributed by atoms with Crippen LogP contribution in [0, 0.1) is 0 Å². The smallest absolute Gasteiger partial charge is 0.191 e. The van der Waals surface area contributed by atoms with E-state index in [1.165, 1.54) is 19.3 Å². The highest BCUT2D eigenvalue weighted by Crippen LogP contribution is 2.17. The molecule has 0 spiro atoms. The summed E-state index contributed by atoms with van der Waals surface area (Å²) in [4.78, 5) is 8.16. The molecule has 0 aliphatic carbocycles. The van der Waals surface area contributed by atoms with Gasteiger partial charge in [0.05, 0.1) is 0 Å². The molecule has 4 nitrogen and oxygen atoms in total. The van der Waals surface area contributed by atoms with E-state index in [0.29, 0.717) is 16.8 Å². The van der Waals surface area contributed by atoms with E-state index in [-0.39, 0.29) is 0 Å². The Bertz CT molecular complexity index is 270. The first kappa shape index (κ1) is 11.1. The second kappa shape index (κ2) is 5.70. The topological polar surface area (TPSA) is 77.8 Å². The fourth-order valence-corrected chi connectivity index (χ4v) is 1.91. The van der Waals surface area contributed by atoms with Crippen LogP contribution in [-0.4, -0.2) is 15.7 Å². The van der Waals surface area contributed by atoms with Crippen molar-refractivity contribution < 1.29 is 0 Å². The van der Waals surface area contributed by atoms with Crippen LogP contribution in [-0.2, 0) is 0 Å². The van der Waals surface area contributed by atoms with Crippen LogP contribution < -0.4 is 11.5 Å². The van der Waals surface area contributed by atoms with E-state index in [4.69, 9.17) is 11.5 Å². The summed E-state index contributed by atoms with van der Waals surface area (Å²) >= 11 is 1.61. The molecule has 1 aromatic heterocycles. The first-order valence-electron chi connectivity index (χ1n) is 4.75. The summed E-state index contributed by atoms with van der Waals surface area (Å²) < 4.78 is 0. The molecule has 0 saturated heterocycles. The molecule has 0 fully saturated rings. The van der Waals surface area contributed by atoms with Crippen LogP contribution in [0.25, 0.3) is 0 Å². The van der Waals surface area contributed by atoms with Gasteiger partial charge in [0.15, 0.2) is 5.16 Å². The number of hydrogen-bond donors (Lipinski definition) is 2. The number of rotatable bonds is 5. The molecule has 0 atom stereocenters. The van der Waals surface area contributed by atoms with Crippen molar-refractivity contribution in [3.8, 4) is 0 Å². The third kappa shape index (κ3) is 3.83. The molecule has 0 amide bonds. The molecule has 0 radical (unpaired) electrons. The van der Waals surface area contributed by atoms with E-state index < -0.39 is 0 Å². The molecule has 0 aliphatic rings. The minimum Gasteiger partial charge on any atom is -0.383 e. The number of thioether (sulfide) groups is 1. The standard InChI is InChI=1S/C9H16N4S/c1-2-3-4-5-14-9-12-7(10)6-8(11)13-9/h6H,2-5H2,1H3,(H4,10,11,12,13). The van der Waals surface area contributed by atoms with Crippen molar-refractivity contribution in [3.05, 3.63) is 6.07 Å². The van der Waals surface area contributed by atoms with Gasteiger partial charge >= 0.3 is 0 Å². The SMILES string of the molecule is CCCCCSc1nc(N)cc(N)n1. The average molecular weight is 212 g/mol. The molecule has 1 aromatic rings. The lowest BCUT2D eigenvalue weighted by Gasteiger charge is -2.01. The maximum Gasteiger partial charge on any atom is 0.191 e. The number of nitrogen functional groups attached to an aromatic ring is 2. The molecule has 1 rings (SSSR count). The Morgan fingerprint density at radius 3 is 2.43 bits per heavy atom. The summed E-state index contributed by atoms with van der Waals surface area (Å²) in [6, 6.07) is 1.57. The Kier molecular flexibility index (Phi) is 4.52. The first-order chi connectivity index (χ1) is 6.72. The summed E-state index contributed by atoms with van der Waals surface area (Å²) in [6.45, 7) is 2.18. The summed E-state index contributed by atoms with van der Waals surface area (Å²) in [5.74, 6) is 1.91. The molecule has 0 saturated carbocycles. The maximum absolute atomic E-state index is 5.55. The van der Waals surface area contributed by atoms with E-state index in [1.54, 1.807) is 17.8 Å². The monoisotopic (exact) mass is 212 g/mol. The number of hydrogen-bond acceptors (Lipinski definition) is 5. The molecule has 1 heterocycles. The Morgan fingerprint density at radius 1 is 1.21 bits per heavy atom. The molecular formula is C9H16N4S. The van der Waals surface area contributed by atoms with Gasteiger partial charge in [-0.15, -0.1) is 0 Å². The van der Waals surface area contributed by atoms with E-state index >= 15 is 0 Å². The molecule has 5 heteroatoms. The Balaban J connectivity index is 2.42. The summed E-state index contributed by atoms with van der Waals surface area (Å²) in [6.07, 6.45) is 3.64. The minimum atomic E-state index is 0.440. The van der Waals surface area contributed by atoms with Crippen LogP contribution in [0.3, 0.4) is 0 Å². The second-order valence-electron chi connectivity index (χ2n) is 3.06. The van der Waals surface area contributed by atoms with Crippen molar-refractivity contribution in [2.24, 2.45) is 0 Å². The highest BCUT2D eigenvalue weighted by molar-refractivity contribution is 7.99. The fourth-order valence-electron chi connectivity index (χ4n) is 1.04. The first-order valence-corrected chi connectivity index (χ1v) is 5.73. The van der Waals surface area contributed by atoms with Crippen molar-refractivity contribution in [2.45, 2.75) is 31.3 Å². The van der Waals surface area contributed by atoms with Gasteiger partial charge in [0.2, 0.25) is 0 Å². The van der Waals surface area contributed by atoms with Crippen LogP contribution in [0.15, 0.2) is 11.2 Å². The van der Waals surface area contributed by atoms with Gasteiger partial charge in [-0.2, -0.15) is 0 Å². The van der Waals surface area contributed by atoms with Crippen molar-refractivity contribution in [1.82, 2.24) is 9.97 Å². The van der Waals surface area contributed by atoms with Crippen molar-refractivity contribution in [3.63, 3.8) is 0 Å². The second-order valence-corrected chi connectivity index (χ2v) is 4.12. The van der Waals surface area contributed by atoms with Crippen LogP contribution in [0.4, 0.5) is 11.6 Å². The highest BCUT2D eigenvalue weighted by Gasteiger charge is 2.00. The molecule has 0 bridgehead atoms. The van der Waals surface area contributed by atoms with E-state index in [0.717, 1.165) is 5.75 Å². The fraction of sp³-hybridized carbons (Fsp3) is 0.556. The summed E-state index contributed by atoms with van der Waals surface area (Å²) in [5, 5.41) is 0.679. The Morgan fingerprint density at radius 2 is 1.86 bits per heavy atom. The molecule has 0 aromatic carbocycles. The van der Waals surface area contributed by atoms with Crippen LogP contribution in [0.5, 0.6) is 0 Å². The van der Waals surface area contributed by atoms with Gasteiger partial charge in [-0.3, -0.25) is 0 Å². The van der Waals surface area contributed by atoms with Gasteiger partial charge in [0.1, 0.15) is 11.6 Å². The molecule has 14 heavy (non-hydrogen) atoms. The zero-order chi connectivity index (χ0) is 10.4. The van der Waals surface area contributed by atoms with E-state index in [1.807, 2.05) is 0 Å². The van der Waals surface area contributed by atoms with Crippen molar-refractivity contribution in [1.29, 1.82) is 0 Å². The molecular weight excluding hydrogens is 196 g/mol. The molecule has 0 unspecified atom stereocenters. The Hall–Kier alpha value is -0.970. The lowest BCUT2D eigenvalue weighted by atomic mass is 10.3. The molecule has 78 valence electrons. The average Bonchev–Trinajstić information content (AvgIpc) is 2.11. The predicted molar refractivity (Wildman–Crippen MR) is 61.1 cm³/mol. The van der Waals surface area contributed by atoms with Crippen molar-refractivity contribution in [2.75, 3.05) is 17.2 Å². The third-order valence-electron chi connectivity index (χ3n) is 1.72. The largest absolute Gasteiger partial charge is 0.383 e. The lowest BCUT2D eigenvalue weighted by molar-refractivity contribution is 0.777. The lowest BCUT2D eigenvalue weighted by Crippen LogP contribution is -1.99. The number of aromatic nitrogens is 2. The predicted octanol–water partition coefficient (Wildman–Crippen LogP) is 1.92.